The minimum Gasteiger partial charge on any atom is -0.352 e. The summed E-state index contributed by atoms with van der Waals surface area (Å²) in [6.07, 6.45) is 1.31. The molecule has 2 amide bonds. The van der Waals surface area contributed by atoms with Gasteiger partial charge in [-0.1, -0.05) is 36.4 Å². The van der Waals surface area contributed by atoms with E-state index in [0.29, 0.717) is 5.56 Å². The molecule has 0 aromatic heterocycles. The topological polar surface area (TPSA) is 70.6 Å². The lowest BCUT2D eigenvalue weighted by atomic mass is 10.2. The highest BCUT2D eigenvalue weighted by Crippen LogP contribution is 2.02. The number of hydrogen-bond donors (Lipinski definition) is 2. The van der Waals surface area contributed by atoms with Crippen LogP contribution in [-0.2, 0) is 4.79 Å². The Labute approximate surface area is 133 Å². The predicted octanol–water partition coefficient (Wildman–Crippen LogP) is 2.10. The molecule has 0 saturated carbocycles. The summed E-state index contributed by atoms with van der Waals surface area (Å²) in [6, 6.07) is 14.8. The molecule has 0 fully saturated rings. The van der Waals surface area contributed by atoms with Crippen LogP contribution in [-0.4, -0.2) is 24.6 Å². The third-order valence-corrected chi connectivity index (χ3v) is 2.97. The standard InChI is InChI=1S/C17H16FN3O2/c18-15-9-5-4-8-14(15)12-20-21-16(22)10-11-19-17(23)13-6-2-1-3-7-13/h1-9,12H,10-11H2,(H,19,23)(H,21,22)/b20-12+. The summed E-state index contributed by atoms with van der Waals surface area (Å²) in [5.41, 5.74) is 3.10. The van der Waals surface area contributed by atoms with E-state index in [-0.39, 0.29) is 30.3 Å². The molecule has 0 atom stereocenters. The molecule has 6 heteroatoms. The second-order valence-electron chi connectivity index (χ2n) is 4.69. The number of carbonyl (C=O) groups excluding carboxylic acids is 2. The van der Waals surface area contributed by atoms with E-state index in [2.05, 4.69) is 15.8 Å². The van der Waals surface area contributed by atoms with Crippen molar-refractivity contribution < 1.29 is 14.0 Å². The van der Waals surface area contributed by atoms with Gasteiger partial charge in [0, 0.05) is 24.1 Å². The van der Waals surface area contributed by atoms with E-state index in [1.165, 1.54) is 12.3 Å². The van der Waals surface area contributed by atoms with Gasteiger partial charge in [-0.05, 0) is 18.2 Å². The molecule has 2 rings (SSSR count). The lowest BCUT2D eigenvalue weighted by molar-refractivity contribution is -0.120. The lowest BCUT2D eigenvalue weighted by Crippen LogP contribution is -2.28. The van der Waals surface area contributed by atoms with Gasteiger partial charge in [0.1, 0.15) is 5.82 Å². The number of halogens is 1. The molecule has 2 N–H and O–H groups in total. The van der Waals surface area contributed by atoms with Gasteiger partial charge in [-0.2, -0.15) is 5.10 Å². The van der Waals surface area contributed by atoms with E-state index < -0.39 is 5.82 Å². The Balaban J connectivity index is 1.71. The van der Waals surface area contributed by atoms with Gasteiger partial charge in [0.05, 0.1) is 6.21 Å². The summed E-state index contributed by atoms with van der Waals surface area (Å²) in [5.74, 6) is -1.03. The molecular formula is C17H16FN3O2. The van der Waals surface area contributed by atoms with Crippen molar-refractivity contribution in [3.8, 4) is 0 Å². The fraction of sp³-hybridized carbons (Fsp3) is 0.118. The molecular weight excluding hydrogens is 297 g/mol. The summed E-state index contributed by atoms with van der Waals surface area (Å²) in [7, 11) is 0. The van der Waals surface area contributed by atoms with Crippen molar-refractivity contribution in [3.05, 3.63) is 71.5 Å². The molecule has 5 nitrogen and oxygen atoms in total. The van der Waals surface area contributed by atoms with Crippen LogP contribution in [0.2, 0.25) is 0 Å². The van der Waals surface area contributed by atoms with Crippen LogP contribution in [0.15, 0.2) is 59.7 Å². The largest absolute Gasteiger partial charge is 0.352 e. The Kier molecular flexibility index (Phi) is 5.99. The molecule has 0 unspecified atom stereocenters. The SMILES string of the molecule is O=C(CCNC(=O)c1ccccc1)N/N=C/c1ccccc1F. The molecule has 0 radical (unpaired) electrons. The molecule has 0 aliphatic carbocycles. The number of hydrazone groups is 1. The Bertz CT molecular complexity index is 702. The third-order valence-electron chi connectivity index (χ3n) is 2.97. The smallest absolute Gasteiger partial charge is 0.251 e. The highest BCUT2D eigenvalue weighted by Gasteiger charge is 2.05. The second kappa shape index (κ2) is 8.43. The second-order valence-corrected chi connectivity index (χ2v) is 4.69. The molecule has 0 aliphatic rings. The van der Waals surface area contributed by atoms with Gasteiger partial charge in [-0.3, -0.25) is 9.59 Å². The third kappa shape index (κ3) is 5.35. The summed E-state index contributed by atoms with van der Waals surface area (Å²) < 4.78 is 13.3. The van der Waals surface area contributed by atoms with Crippen LogP contribution >= 0.6 is 0 Å². The number of rotatable bonds is 6. The highest BCUT2D eigenvalue weighted by molar-refractivity contribution is 5.94. The zero-order chi connectivity index (χ0) is 16.5. The van der Waals surface area contributed by atoms with E-state index in [4.69, 9.17) is 0 Å². The van der Waals surface area contributed by atoms with Crippen molar-refractivity contribution in [1.29, 1.82) is 0 Å². The number of benzene rings is 2. The van der Waals surface area contributed by atoms with Crippen LogP contribution in [0.25, 0.3) is 0 Å². The fourth-order valence-corrected chi connectivity index (χ4v) is 1.79. The van der Waals surface area contributed by atoms with Crippen molar-refractivity contribution in [2.24, 2.45) is 5.10 Å². The summed E-state index contributed by atoms with van der Waals surface area (Å²) in [5, 5.41) is 6.32. The fourth-order valence-electron chi connectivity index (χ4n) is 1.79. The Morgan fingerprint density at radius 2 is 1.74 bits per heavy atom. The summed E-state index contributed by atoms with van der Waals surface area (Å²) >= 11 is 0. The maximum atomic E-state index is 13.3. The van der Waals surface area contributed by atoms with Crippen molar-refractivity contribution in [1.82, 2.24) is 10.7 Å². The van der Waals surface area contributed by atoms with E-state index >= 15 is 0 Å². The first-order chi connectivity index (χ1) is 11.2. The maximum Gasteiger partial charge on any atom is 0.251 e. The van der Waals surface area contributed by atoms with Crippen LogP contribution in [0.3, 0.4) is 0 Å². The van der Waals surface area contributed by atoms with Gasteiger partial charge in [0.2, 0.25) is 5.91 Å². The molecule has 0 bridgehead atoms. The number of carbonyl (C=O) groups is 2. The van der Waals surface area contributed by atoms with Crippen molar-refractivity contribution in [3.63, 3.8) is 0 Å². The average Bonchev–Trinajstić information content (AvgIpc) is 2.57. The first-order valence-corrected chi connectivity index (χ1v) is 7.06. The van der Waals surface area contributed by atoms with Crippen molar-refractivity contribution in [2.45, 2.75) is 6.42 Å². The van der Waals surface area contributed by atoms with Gasteiger partial charge in [0.15, 0.2) is 0 Å². The number of nitrogens with zero attached hydrogens (tertiary/aromatic N) is 1. The van der Waals surface area contributed by atoms with Crippen LogP contribution in [0.4, 0.5) is 4.39 Å². The Hall–Kier alpha value is -3.02. The van der Waals surface area contributed by atoms with Gasteiger partial charge in [-0.25, -0.2) is 9.82 Å². The van der Waals surface area contributed by atoms with Crippen LogP contribution in [0, 0.1) is 5.82 Å². The quantitative estimate of drug-likeness (QED) is 0.633. The van der Waals surface area contributed by atoms with Gasteiger partial charge >= 0.3 is 0 Å². The summed E-state index contributed by atoms with van der Waals surface area (Å²) in [4.78, 5) is 23.3. The summed E-state index contributed by atoms with van der Waals surface area (Å²) in [6.45, 7) is 0.189. The molecule has 0 spiro atoms. The Morgan fingerprint density at radius 1 is 1.04 bits per heavy atom. The highest BCUT2D eigenvalue weighted by atomic mass is 19.1. The van der Waals surface area contributed by atoms with Crippen molar-refractivity contribution in [2.75, 3.05) is 6.54 Å². The van der Waals surface area contributed by atoms with Crippen LogP contribution < -0.4 is 10.7 Å². The maximum absolute atomic E-state index is 13.3. The van der Waals surface area contributed by atoms with Crippen LogP contribution in [0.5, 0.6) is 0 Å². The molecule has 0 saturated heterocycles. The number of nitrogens with one attached hydrogen (secondary N) is 2. The molecule has 118 valence electrons. The minimum absolute atomic E-state index is 0.0766. The Morgan fingerprint density at radius 3 is 2.48 bits per heavy atom. The van der Waals surface area contributed by atoms with Gasteiger partial charge in [-0.15, -0.1) is 0 Å². The van der Waals surface area contributed by atoms with E-state index in [9.17, 15) is 14.0 Å². The average molecular weight is 313 g/mol. The van der Waals surface area contributed by atoms with E-state index in [0.717, 1.165) is 0 Å². The van der Waals surface area contributed by atoms with Crippen LogP contribution in [0.1, 0.15) is 22.3 Å². The zero-order valence-corrected chi connectivity index (χ0v) is 12.3. The minimum atomic E-state index is -0.416. The molecule has 23 heavy (non-hydrogen) atoms. The first-order valence-electron chi connectivity index (χ1n) is 7.06. The lowest BCUT2D eigenvalue weighted by Gasteiger charge is -2.04. The van der Waals surface area contributed by atoms with Gasteiger partial charge in [0.25, 0.3) is 5.91 Å². The predicted molar refractivity (Wildman–Crippen MR) is 85.5 cm³/mol. The normalized spacial score (nSPS) is 10.5. The first kappa shape index (κ1) is 16.4. The molecule has 2 aromatic carbocycles. The monoisotopic (exact) mass is 313 g/mol. The molecule has 0 aliphatic heterocycles. The number of amides is 2. The van der Waals surface area contributed by atoms with E-state index in [1.54, 1.807) is 42.5 Å². The molecule has 2 aromatic rings. The number of hydrogen-bond acceptors (Lipinski definition) is 3. The van der Waals surface area contributed by atoms with Crippen molar-refractivity contribution >= 4 is 18.0 Å². The van der Waals surface area contributed by atoms with E-state index in [1.807, 2.05) is 6.07 Å². The van der Waals surface area contributed by atoms with Gasteiger partial charge < -0.3 is 5.32 Å². The molecule has 0 heterocycles. The zero-order valence-electron chi connectivity index (χ0n) is 12.3.